The van der Waals surface area contributed by atoms with E-state index in [1.807, 2.05) is 39.4 Å². The number of rotatable bonds is 50. The minimum atomic E-state index is -4.46. The lowest BCUT2D eigenvalue weighted by Crippen LogP contribution is -2.47. The summed E-state index contributed by atoms with van der Waals surface area (Å²) in [4.78, 5) is 37.5. The van der Waals surface area contributed by atoms with Crippen LogP contribution >= 0.6 is 7.82 Å². The zero-order chi connectivity index (χ0) is 50.8. The Labute approximate surface area is 425 Å². The molecule has 3 unspecified atom stereocenters. The number of quaternary nitrogens is 1. The Bertz CT molecular complexity index is 1420. The van der Waals surface area contributed by atoms with Crippen molar-refractivity contribution < 1.29 is 37.3 Å². The van der Waals surface area contributed by atoms with Crippen molar-refractivity contribution >= 4 is 19.7 Å². The predicted octanol–water partition coefficient (Wildman–Crippen LogP) is 16.9. The van der Waals surface area contributed by atoms with Gasteiger partial charge in [0.25, 0.3) is 0 Å². The largest absolute Gasteiger partial charge is 0.472 e. The van der Waals surface area contributed by atoms with E-state index in [1.54, 1.807) is 0 Å². The number of esters is 1. The minimum absolute atomic E-state index is 0.0258. The van der Waals surface area contributed by atoms with Gasteiger partial charge in [0.05, 0.1) is 33.8 Å². The van der Waals surface area contributed by atoms with Crippen molar-refractivity contribution in [3.8, 4) is 0 Å². The number of nitrogens with zero attached hydrogens (tertiary/aromatic N) is 1. The van der Waals surface area contributed by atoms with Crippen molar-refractivity contribution in [1.82, 2.24) is 5.32 Å². The Morgan fingerprint density at radius 3 is 1.39 bits per heavy atom. The van der Waals surface area contributed by atoms with Crippen LogP contribution in [0.5, 0.6) is 0 Å². The zero-order valence-corrected chi connectivity index (χ0v) is 46.4. The number of hydrogen-bond donors (Lipinski definition) is 2. The molecule has 0 bridgehead atoms. The van der Waals surface area contributed by atoms with Crippen molar-refractivity contribution in [2.24, 2.45) is 0 Å². The van der Waals surface area contributed by atoms with E-state index in [4.69, 9.17) is 13.8 Å². The molecular weight excluding hydrogens is 880 g/mol. The molecule has 0 aromatic heterocycles. The molecule has 0 heterocycles. The van der Waals surface area contributed by atoms with Crippen LogP contribution < -0.4 is 5.32 Å². The van der Waals surface area contributed by atoms with Crippen molar-refractivity contribution in [2.45, 2.75) is 251 Å². The fourth-order valence-electron chi connectivity index (χ4n) is 7.81. The number of ether oxygens (including phenoxy) is 1. The summed E-state index contributed by atoms with van der Waals surface area (Å²) >= 11 is 0. The van der Waals surface area contributed by atoms with Gasteiger partial charge < -0.3 is 19.4 Å². The Hall–Kier alpha value is -2.55. The van der Waals surface area contributed by atoms with E-state index >= 15 is 0 Å². The summed E-state index contributed by atoms with van der Waals surface area (Å²) in [5.74, 6) is -0.600. The van der Waals surface area contributed by atoms with Crippen molar-refractivity contribution in [2.75, 3.05) is 40.9 Å². The second kappa shape index (κ2) is 49.0. The fraction of sp³-hybridized carbons (Fsp3) is 0.763. The number of carbonyl (C=O) groups is 2. The van der Waals surface area contributed by atoms with E-state index in [9.17, 15) is 19.0 Å². The zero-order valence-electron chi connectivity index (χ0n) is 45.5. The van der Waals surface area contributed by atoms with Crippen LogP contribution in [0.1, 0.15) is 239 Å². The average Bonchev–Trinajstić information content (AvgIpc) is 3.31. The van der Waals surface area contributed by atoms with Gasteiger partial charge in [-0.2, -0.15) is 0 Å². The van der Waals surface area contributed by atoms with Gasteiger partial charge in [0.15, 0.2) is 0 Å². The molecule has 0 aliphatic heterocycles. The standard InChI is InChI=1S/C59H107N2O7P/c1-7-10-13-16-19-22-25-28-30-32-33-36-39-42-45-48-51-58(62)60-56(55-67-69(64,65)66-54-53-61(4,5)6)57(50-47-44-41-38-35-27-24-21-18-15-12-9-3)68-59(63)52-49-46-43-40-37-34-31-29-26-23-20-17-14-11-8-2/h10,13,19,22,28,30,33,36,42,45,47,50,56-57H,7-9,11-12,14-18,20-21,23-27,29,31-32,34-35,37-41,43-44,46,48-49,51-55H2,1-6H3,(H-,60,62,64,65)/p+1/b13-10+,22-19+,30-28+,36-33+,45-42+,50-47+. The van der Waals surface area contributed by atoms with Crippen LogP contribution in [0, 0.1) is 0 Å². The Morgan fingerprint density at radius 2 is 0.942 bits per heavy atom. The van der Waals surface area contributed by atoms with Crippen LogP contribution in [-0.4, -0.2) is 74.3 Å². The maximum Gasteiger partial charge on any atom is 0.472 e. The van der Waals surface area contributed by atoms with E-state index in [-0.39, 0.29) is 37.9 Å². The molecule has 0 aliphatic rings. The first-order valence-electron chi connectivity index (χ1n) is 28.3. The number of allylic oxidation sites excluding steroid dienone is 11. The highest BCUT2D eigenvalue weighted by molar-refractivity contribution is 7.47. The van der Waals surface area contributed by atoms with Gasteiger partial charge in [-0.15, -0.1) is 0 Å². The highest BCUT2D eigenvalue weighted by Gasteiger charge is 2.30. The number of likely N-dealkylation sites (N-methyl/N-ethyl adjacent to an activating group) is 1. The summed E-state index contributed by atoms with van der Waals surface area (Å²) in [5, 5.41) is 3.00. The quantitative estimate of drug-likeness (QED) is 0.0205. The smallest absolute Gasteiger partial charge is 0.456 e. The van der Waals surface area contributed by atoms with E-state index < -0.39 is 20.0 Å². The second-order valence-corrected chi connectivity index (χ2v) is 21.5. The molecule has 10 heteroatoms. The highest BCUT2D eigenvalue weighted by Crippen LogP contribution is 2.43. The minimum Gasteiger partial charge on any atom is -0.456 e. The van der Waals surface area contributed by atoms with Crippen LogP contribution in [0.4, 0.5) is 0 Å². The molecule has 69 heavy (non-hydrogen) atoms. The van der Waals surface area contributed by atoms with Crippen molar-refractivity contribution in [3.05, 3.63) is 72.9 Å². The SMILES string of the molecule is CC/C=C/C/C=C/C/C=C/C/C=C/C/C=C/CCC(=O)NC(COP(=O)(O)OCC[N+](C)(C)C)C(/C=C/CCCCCCCCCCCC)OC(=O)CCCCCCCCCCCCCCCCC. The molecule has 400 valence electrons. The third kappa shape index (κ3) is 50.2. The first kappa shape index (κ1) is 66.5. The molecule has 3 atom stereocenters. The Kier molecular flexibility index (Phi) is 47.2. The molecule has 0 rings (SSSR count). The van der Waals surface area contributed by atoms with Gasteiger partial charge in [-0.25, -0.2) is 4.57 Å². The molecule has 9 nitrogen and oxygen atoms in total. The first-order chi connectivity index (χ1) is 33.4. The molecular formula is C59H108N2O7P+. The predicted molar refractivity (Wildman–Crippen MR) is 295 cm³/mol. The summed E-state index contributed by atoms with van der Waals surface area (Å²) in [6.45, 7) is 6.84. The maximum absolute atomic E-state index is 13.4. The number of hydrogen-bond acceptors (Lipinski definition) is 6. The summed E-state index contributed by atoms with van der Waals surface area (Å²) < 4.78 is 30.5. The summed E-state index contributed by atoms with van der Waals surface area (Å²) in [6.07, 6.45) is 62.0. The van der Waals surface area contributed by atoms with E-state index in [1.165, 1.54) is 128 Å². The lowest BCUT2D eigenvalue weighted by molar-refractivity contribution is -0.870. The van der Waals surface area contributed by atoms with Gasteiger partial charge in [0.1, 0.15) is 19.3 Å². The second-order valence-electron chi connectivity index (χ2n) is 20.1. The first-order valence-corrected chi connectivity index (χ1v) is 29.8. The van der Waals surface area contributed by atoms with Crippen LogP contribution in [0.2, 0.25) is 0 Å². The average molecular weight is 988 g/mol. The van der Waals surface area contributed by atoms with E-state index in [0.29, 0.717) is 17.4 Å². The molecule has 0 fully saturated rings. The van der Waals surface area contributed by atoms with Crippen LogP contribution in [0.3, 0.4) is 0 Å². The monoisotopic (exact) mass is 988 g/mol. The Morgan fingerprint density at radius 1 is 0.522 bits per heavy atom. The van der Waals surface area contributed by atoms with Gasteiger partial charge in [-0.3, -0.25) is 18.6 Å². The third-order valence-corrected chi connectivity index (χ3v) is 13.2. The molecule has 0 aromatic rings. The summed E-state index contributed by atoms with van der Waals surface area (Å²) in [6, 6.07) is -0.887. The lowest BCUT2D eigenvalue weighted by atomic mass is 10.0. The number of carbonyl (C=O) groups excluding carboxylic acids is 2. The van der Waals surface area contributed by atoms with Gasteiger partial charge >= 0.3 is 13.8 Å². The van der Waals surface area contributed by atoms with Crippen LogP contribution in [0.15, 0.2) is 72.9 Å². The number of phosphoric acid groups is 1. The summed E-state index contributed by atoms with van der Waals surface area (Å²) in [5.41, 5.74) is 0. The Balaban J connectivity index is 5.47. The molecule has 0 aliphatic carbocycles. The molecule has 0 saturated carbocycles. The third-order valence-electron chi connectivity index (χ3n) is 12.2. The molecule has 1 amide bonds. The normalized spacial score (nSPS) is 14.4. The molecule has 0 saturated heterocycles. The van der Waals surface area contributed by atoms with Gasteiger partial charge in [0.2, 0.25) is 5.91 Å². The maximum atomic E-state index is 13.4. The van der Waals surface area contributed by atoms with Gasteiger partial charge in [-0.05, 0) is 63.9 Å². The number of amides is 1. The topological polar surface area (TPSA) is 111 Å². The molecule has 0 spiro atoms. The summed E-state index contributed by atoms with van der Waals surface area (Å²) in [7, 11) is 1.45. The molecule has 0 aromatic carbocycles. The van der Waals surface area contributed by atoms with Crippen LogP contribution in [-0.2, 0) is 27.9 Å². The molecule has 2 N–H and O–H groups in total. The number of nitrogens with one attached hydrogen (secondary N) is 1. The van der Waals surface area contributed by atoms with Gasteiger partial charge in [-0.1, -0.05) is 235 Å². The highest BCUT2D eigenvalue weighted by atomic mass is 31.2. The van der Waals surface area contributed by atoms with E-state index in [0.717, 1.165) is 70.6 Å². The van der Waals surface area contributed by atoms with Crippen molar-refractivity contribution in [3.63, 3.8) is 0 Å². The number of phosphoric ester groups is 1. The fourth-order valence-corrected chi connectivity index (χ4v) is 8.55. The molecule has 0 radical (unpaired) electrons. The number of unbranched alkanes of at least 4 members (excludes halogenated alkanes) is 24. The van der Waals surface area contributed by atoms with E-state index in [2.05, 4.69) is 80.8 Å². The van der Waals surface area contributed by atoms with Gasteiger partial charge in [0, 0.05) is 12.8 Å². The van der Waals surface area contributed by atoms with Crippen LogP contribution in [0.25, 0.3) is 0 Å². The van der Waals surface area contributed by atoms with Crippen molar-refractivity contribution in [1.29, 1.82) is 0 Å². The lowest BCUT2D eigenvalue weighted by Gasteiger charge is -2.27.